The summed E-state index contributed by atoms with van der Waals surface area (Å²) in [5, 5.41) is 0. The molecule has 0 saturated carbocycles. The van der Waals surface area contributed by atoms with Crippen molar-refractivity contribution >= 4 is 0 Å². The van der Waals surface area contributed by atoms with Gasteiger partial charge in [-0.25, -0.2) is 0 Å². The van der Waals surface area contributed by atoms with Crippen LogP contribution < -0.4 is 5.73 Å². The van der Waals surface area contributed by atoms with Gasteiger partial charge < -0.3 is 5.73 Å². The molecule has 1 saturated heterocycles. The molecule has 16 heavy (non-hydrogen) atoms. The monoisotopic (exact) mass is 218 g/mol. The Bertz CT molecular complexity index is 341. The fourth-order valence-corrected chi connectivity index (χ4v) is 2.42. The fourth-order valence-electron chi connectivity index (χ4n) is 2.42. The molecule has 0 radical (unpaired) electrons. The van der Waals surface area contributed by atoms with Gasteiger partial charge in [0.2, 0.25) is 0 Å². The molecule has 88 valence electrons. The van der Waals surface area contributed by atoms with E-state index in [1.807, 2.05) is 0 Å². The third kappa shape index (κ3) is 2.83. The number of benzene rings is 1. The lowest BCUT2D eigenvalue weighted by Crippen LogP contribution is -2.29. The second-order valence-electron chi connectivity index (χ2n) is 4.80. The molecule has 0 spiro atoms. The number of nitrogens with two attached hydrogens (primary N) is 1. The van der Waals surface area contributed by atoms with Gasteiger partial charge in [-0.2, -0.15) is 0 Å². The normalized spacial score (nSPS) is 17.6. The molecule has 1 aliphatic heterocycles. The van der Waals surface area contributed by atoms with E-state index >= 15 is 0 Å². The van der Waals surface area contributed by atoms with Crippen molar-refractivity contribution in [2.45, 2.75) is 39.3 Å². The van der Waals surface area contributed by atoms with Gasteiger partial charge in [-0.05, 0) is 49.5 Å². The third-order valence-corrected chi connectivity index (χ3v) is 3.49. The number of aryl methyl sites for hydroxylation is 1. The fraction of sp³-hybridized carbons (Fsp3) is 0.571. The molecule has 1 fully saturated rings. The number of piperidine rings is 1. The first-order chi connectivity index (χ1) is 7.79. The van der Waals surface area contributed by atoms with Crippen LogP contribution in [0.25, 0.3) is 0 Å². The minimum atomic E-state index is 0.644. The summed E-state index contributed by atoms with van der Waals surface area (Å²) in [6.45, 7) is 6.47. The highest BCUT2D eigenvalue weighted by Gasteiger charge is 2.11. The number of hydrogen-bond acceptors (Lipinski definition) is 2. The van der Waals surface area contributed by atoms with Crippen LogP contribution >= 0.6 is 0 Å². The van der Waals surface area contributed by atoms with Crippen LogP contribution in [0.5, 0.6) is 0 Å². The lowest BCUT2D eigenvalue weighted by atomic mass is 10.0. The van der Waals surface area contributed by atoms with E-state index in [1.165, 1.54) is 49.0 Å². The van der Waals surface area contributed by atoms with Gasteiger partial charge in [-0.15, -0.1) is 0 Å². The minimum Gasteiger partial charge on any atom is -0.326 e. The van der Waals surface area contributed by atoms with Crippen LogP contribution in [-0.4, -0.2) is 18.0 Å². The van der Waals surface area contributed by atoms with E-state index in [4.69, 9.17) is 5.73 Å². The van der Waals surface area contributed by atoms with Crippen molar-refractivity contribution in [2.24, 2.45) is 5.73 Å². The maximum atomic E-state index is 5.64. The van der Waals surface area contributed by atoms with E-state index in [0.717, 1.165) is 6.54 Å². The molecule has 0 unspecified atom stereocenters. The molecule has 2 heteroatoms. The van der Waals surface area contributed by atoms with E-state index in [2.05, 4.69) is 30.0 Å². The SMILES string of the molecule is Cc1cc(CN)ccc1CN1CCCCC1. The minimum absolute atomic E-state index is 0.644. The molecule has 2 nitrogen and oxygen atoms in total. The van der Waals surface area contributed by atoms with E-state index in [0.29, 0.717) is 6.54 Å². The molecule has 1 aromatic carbocycles. The summed E-state index contributed by atoms with van der Waals surface area (Å²) < 4.78 is 0. The van der Waals surface area contributed by atoms with Crippen molar-refractivity contribution in [3.05, 3.63) is 34.9 Å². The zero-order valence-corrected chi connectivity index (χ0v) is 10.2. The molecule has 0 atom stereocenters. The van der Waals surface area contributed by atoms with Crippen molar-refractivity contribution in [1.29, 1.82) is 0 Å². The molecular weight excluding hydrogens is 196 g/mol. The van der Waals surface area contributed by atoms with Crippen LogP contribution in [0.4, 0.5) is 0 Å². The first-order valence-corrected chi connectivity index (χ1v) is 6.30. The Morgan fingerprint density at radius 1 is 1.19 bits per heavy atom. The first kappa shape index (κ1) is 11.6. The summed E-state index contributed by atoms with van der Waals surface area (Å²) in [6, 6.07) is 6.62. The Balaban J connectivity index is 2.03. The highest BCUT2D eigenvalue weighted by Crippen LogP contribution is 2.16. The molecule has 1 aromatic rings. The van der Waals surface area contributed by atoms with E-state index in [9.17, 15) is 0 Å². The predicted octanol–water partition coefficient (Wildman–Crippen LogP) is 2.44. The highest BCUT2D eigenvalue weighted by atomic mass is 15.1. The van der Waals surface area contributed by atoms with Crippen molar-refractivity contribution in [2.75, 3.05) is 13.1 Å². The number of nitrogens with zero attached hydrogens (tertiary/aromatic N) is 1. The predicted molar refractivity (Wildman–Crippen MR) is 68.2 cm³/mol. The summed E-state index contributed by atoms with van der Waals surface area (Å²) in [5.41, 5.74) is 9.72. The van der Waals surface area contributed by atoms with Gasteiger partial charge in [0.15, 0.2) is 0 Å². The molecule has 0 aromatic heterocycles. The summed E-state index contributed by atoms with van der Waals surface area (Å²) >= 11 is 0. The van der Waals surface area contributed by atoms with E-state index in [-0.39, 0.29) is 0 Å². The molecular formula is C14H22N2. The Labute approximate surface area is 98.4 Å². The zero-order valence-electron chi connectivity index (χ0n) is 10.2. The van der Waals surface area contributed by atoms with Gasteiger partial charge in [0, 0.05) is 13.1 Å². The topological polar surface area (TPSA) is 29.3 Å². The van der Waals surface area contributed by atoms with Crippen LogP contribution in [-0.2, 0) is 13.1 Å². The standard InChI is InChI=1S/C14H22N2/c1-12-9-13(10-15)5-6-14(12)11-16-7-3-2-4-8-16/h5-6,9H,2-4,7-8,10-11,15H2,1H3. The molecule has 0 amide bonds. The van der Waals surface area contributed by atoms with Gasteiger partial charge in [-0.1, -0.05) is 24.6 Å². The summed E-state index contributed by atoms with van der Waals surface area (Å²) in [5.74, 6) is 0. The summed E-state index contributed by atoms with van der Waals surface area (Å²) in [4.78, 5) is 2.56. The number of hydrogen-bond donors (Lipinski definition) is 1. The van der Waals surface area contributed by atoms with Gasteiger partial charge in [0.1, 0.15) is 0 Å². The van der Waals surface area contributed by atoms with Crippen molar-refractivity contribution < 1.29 is 0 Å². The van der Waals surface area contributed by atoms with Crippen molar-refractivity contribution in [3.8, 4) is 0 Å². The maximum Gasteiger partial charge on any atom is 0.0236 e. The average Bonchev–Trinajstić information content (AvgIpc) is 2.33. The number of rotatable bonds is 3. The molecule has 2 N–H and O–H groups in total. The largest absolute Gasteiger partial charge is 0.326 e. The molecule has 1 aliphatic rings. The van der Waals surface area contributed by atoms with Crippen LogP contribution in [0.1, 0.15) is 36.0 Å². The quantitative estimate of drug-likeness (QED) is 0.844. The smallest absolute Gasteiger partial charge is 0.0236 e. The molecule has 1 heterocycles. The average molecular weight is 218 g/mol. The Morgan fingerprint density at radius 3 is 2.56 bits per heavy atom. The lowest BCUT2D eigenvalue weighted by Gasteiger charge is -2.27. The Morgan fingerprint density at radius 2 is 1.94 bits per heavy atom. The first-order valence-electron chi connectivity index (χ1n) is 6.30. The summed E-state index contributed by atoms with van der Waals surface area (Å²) in [7, 11) is 0. The van der Waals surface area contributed by atoms with Crippen LogP contribution in [0, 0.1) is 6.92 Å². The molecule has 2 rings (SSSR count). The van der Waals surface area contributed by atoms with E-state index in [1.54, 1.807) is 0 Å². The van der Waals surface area contributed by atoms with Crippen molar-refractivity contribution in [3.63, 3.8) is 0 Å². The van der Waals surface area contributed by atoms with Gasteiger partial charge in [0.25, 0.3) is 0 Å². The van der Waals surface area contributed by atoms with Crippen LogP contribution in [0.15, 0.2) is 18.2 Å². The second-order valence-corrected chi connectivity index (χ2v) is 4.80. The maximum absolute atomic E-state index is 5.64. The van der Waals surface area contributed by atoms with Gasteiger partial charge >= 0.3 is 0 Å². The van der Waals surface area contributed by atoms with Crippen LogP contribution in [0.3, 0.4) is 0 Å². The van der Waals surface area contributed by atoms with Crippen LogP contribution in [0.2, 0.25) is 0 Å². The Kier molecular flexibility index (Phi) is 3.97. The highest BCUT2D eigenvalue weighted by molar-refractivity contribution is 5.31. The lowest BCUT2D eigenvalue weighted by molar-refractivity contribution is 0.220. The van der Waals surface area contributed by atoms with Crippen molar-refractivity contribution in [1.82, 2.24) is 4.90 Å². The molecule has 0 bridgehead atoms. The third-order valence-electron chi connectivity index (χ3n) is 3.49. The summed E-state index contributed by atoms with van der Waals surface area (Å²) in [6.07, 6.45) is 4.13. The Hall–Kier alpha value is -0.860. The van der Waals surface area contributed by atoms with Gasteiger partial charge in [0.05, 0.1) is 0 Å². The van der Waals surface area contributed by atoms with Gasteiger partial charge in [-0.3, -0.25) is 4.90 Å². The molecule has 0 aliphatic carbocycles. The second kappa shape index (κ2) is 5.46. The van der Waals surface area contributed by atoms with E-state index < -0.39 is 0 Å². The zero-order chi connectivity index (χ0) is 11.4. The number of likely N-dealkylation sites (tertiary alicyclic amines) is 1.